The van der Waals surface area contributed by atoms with Crippen LogP contribution >= 0.6 is 11.8 Å². The summed E-state index contributed by atoms with van der Waals surface area (Å²) >= 11 is 1.11. The zero-order valence-electron chi connectivity index (χ0n) is 10.5. The third-order valence-corrected chi connectivity index (χ3v) is 3.69. The van der Waals surface area contributed by atoms with Crippen LogP contribution in [0.5, 0.6) is 0 Å². The second-order valence-electron chi connectivity index (χ2n) is 4.54. The largest absolute Gasteiger partial charge is 0.352 e. The zero-order chi connectivity index (χ0) is 13.8. The smallest absolute Gasteiger partial charge is 0.279 e. The summed E-state index contributed by atoms with van der Waals surface area (Å²) in [5.74, 6) is -0.0186. The van der Waals surface area contributed by atoms with E-state index < -0.39 is 6.04 Å². The molecule has 0 aromatic heterocycles. The van der Waals surface area contributed by atoms with E-state index in [0.29, 0.717) is 12.2 Å². The fraction of sp³-hybridized carbons (Fsp3) is 0.385. The molecule has 2 atom stereocenters. The predicted molar refractivity (Wildman–Crippen MR) is 72.5 cm³/mol. The highest BCUT2D eigenvalue weighted by Gasteiger charge is 2.28. The molecule has 1 aromatic rings. The number of carbonyl (C=O) groups excluding carboxylic acids is 2. The molecule has 6 heteroatoms. The van der Waals surface area contributed by atoms with Gasteiger partial charge >= 0.3 is 0 Å². The van der Waals surface area contributed by atoms with Gasteiger partial charge in [0, 0.05) is 11.8 Å². The van der Waals surface area contributed by atoms with Gasteiger partial charge in [0.1, 0.15) is 11.9 Å². The van der Waals surface area contributed by atoms with Gasteiger partial charge in [0.15, 0.2) is 0 Å². The number of hydrogen-bond donors (Lipinski definition) is 2. The summed E-state index contributed by atoms with van der Waals surface area (Å²) in [5, 5.41) is 5.24. The van der Waals surface area contributed by atoms with Crippen LogP contribution in [0.1, 0.15) is 12.5 Å². The van der Waals surface area contributed by atoms with Crippen molar-refractivity contribution in [3.63, 3.8) is 0 Å². The highest BCUT2D eigenvalue weighted by molar-refractivity contribution is 8.14. The molecule has 0 saturated carbocycles. The molecule has 0 spiro atoms. The summed E-state index contributed by atoms with van der Waals surface area (Å²) in [7, 11) is 0. The molecule has 0 radical (unpaired) electrons. The Morgan fingerprint density at radius 3 is 3.05 bits per heavy atom. The molecule has 0 aliphatic carbocycles. The fourth-order valence-electron chi connectivity index (χ4n) is 1.94. The second-order valence-corrected chi connectivity index (χ2v) is 5.53. The van der Waals surface area contributed by atoms with Crippen LogP contribution in [0.4, 0.5) is 9.18 Å². The predicted octanol–water partition coefficient (Wildman–Crippen LogP) is 1.70. The molecule has 19 heavy (non-hydrogen) atoms. The van der Waals surface area contributed by atoms with Crippen molar-refractivity contribution in [2.24, 2.45) is 0 Å². The van der Waals surface area contributed by atoms with Crippen molar-refractivity contribution < 1.29 is 14.0 Å². The van der Waals surface area contributed by atoms with Gasteiger partial charge in [-0.3, -0.25) is 9.59 Å². The lowest BCUT2D eigenvalue weighted by atomic mass is 10.1. The van der Waals surface area contributed by atoms with Gasteiger partial charge in [-0.25, -0.2) is 4.39 Å². The number of nitrogens with one attached hydrogen (secondary N) is 2. The van der Waals surface area contributed by atoms with Crippen LogP contribution in [0.2, 0.25) is 0 Å². The van der Waals surface area contributed by atoms with Crippen molar-refractivity contribution >= 4 is 22.9 Å². The number of hydrogen-bond acceptors (Lipinski definition) is 3. The maximum atomic E-state index is 13.0. The Bertz CT molecular complexity index is 495. The van der Waals surface area contributed by atoms with E-state index in [1.165, 1.54) is 12.1 Å². The van der Waals surface area contributed by atoms with Crippen molar-refractivity contribution in [3.05, 3.63) is 35.6 Å². The van der Waals surface area contributed by atoms with E-state index in [4.69, 9.17) is 0 Å². The minimum Gasteiger partial charge on any atom is -0.352 e. The molecule has 2 rings (SSSR count). The minimum absolute atomic E-state index is 0.114. The molecule has 1 heterocycles. The molecular formula is C13H15FN2O2S. The van der Waals surface area contributed by atoms with Gasteiger partial charge in [0.05, 0.1) is 0 Å². The third kappa shape index (κ3) is 3.96. The van der Waals surface area contributed by atoms with Crippen molar-refractivity contribution in [1.29, 1.82) is 0 Å². The van der Waals surface area contributed by atoms with Gasteiger partial charge in [-0.1, -0.05) is 23.9 Å². The summed E-state index contributed by atoms with van der Waals surface area (Å²) in [6.07, 6.45) is 0.553. The molecule has 1 aromatic carbocycles. The Balaban J connectivity index is 1.85. The average Bonchev–Trinajstić information content (AvgIpc) is 2.75. The van der Waals surface area contributed by atoms with E-state index in [-0.39, 0.29) is 23.0 Å². The van der Waals surface area contributed by atoms with Crippen molar-refractivity contribution in [2.45, 2.75) is 25.4 Å². The molecule has 2 amide bonds. The Morgan fingerprint density at radius 2 is 2.42 bits per heavy atom. The van der Waals surface area contributed by atoms with Gasteiger partial charge < -0.3 is 10.6 Å². The minimum atomic E-state index is -0.465. The number of benzene rings is 1. The Labute approximate surface area is 115 Å². The van der Waals surface area contributed by atoms with Gasteiger partial charge in [-0.05, 0) is 31.0 Å². The normalized spacial score (nSPS) is 19.9. The monoisotopic (exact) mass is 282 g/mol. The lowest BCUT2D eigenvalue weighted by molar-refractivity contribution is -0.122. The maximum absolute atomic E-state index is 13.0. The zero-order valence-corrected chi connectivity index (χ0v) is 11.3. The van der Waals surface area contributed by atoms with E-state index >= 15 is 0 Å². The van der Waals surface area contributed by atoms with Crippen molar-refractivity contribution in [3.8, 4) is 0 Å². The number of halogens is 1. The first-order valence-electron chi connectivity index (χ1n) is 6.02. The van der Waals surface area contributed by atoms with E-state index in [1.807, 2.05) is 13.0 Å². The fourth-order valence-corrected chi connectivity index (χ4v) is 2.72. The summed E-state index contributed by atoms with van der Waals surface area (Å²) in [6, 6.07) is 5.73. The Morgan fingerprint density at radius 1 is 1.63 bits per heavy atom. The van der Waals surface area contributed by atoms with Crippen molar-refractivity contribution in [1.82, 2.24) is 10.6 Å². The molecule has 0 unspecified atom stereocenters. The SMILES string of the molecule is C[C@@H](Cc1cccc(F)c1)NC(=O)[C@H]1CSC(=O)N1. The average molecular weight is 282 g/mol. The summed E-state index contributed by atoms with van der Waals surface area (Å²) in [4.78, 5) is 22.8. The molecule has 1 aliphatic rings. The van der Waals surface area contributed by atoms with Gasteiger partial charge in [-0.15, -0.1) is 0 Å². The summed E-state index contributed by atoms with van der Waals surface area (Å²) < 4.78 is 13.0. The van der Waals surface area contributed by atoms with Gasteiger partial charge in [-0.2, -0.15) is 0 Å². The second kappa shape index (κ2) is 6.06. The van der Waals surface area contributed by atoms with Crippen LogP contribution in [0.15, 0.2) is 24.3 Å². The molecule has 1 aliphatic heterocycles. The molecule has 2 N–H and O–H groups in total. The molecule has 0 bridgehead atoms. The number of amides is 2. The first-order chi connectivity index (χ1) is 9.04. The van der Waals surface area contributed by atoms with Crippen LogP contribution in [-0.2, 0) is 11.2 Å². The highest BCUT2D eigenvalue weighted by atomic mass is 32.2. The van der Waals surface area contributed by atoms with Crippen LogP contribution in [-0.4, -0.2) is 29.0 Å². The van der Waals surface area contributed by atoms with Crippen LogP contribution in [0, 0.1) is 5.82 Å². The quantitative estimate of drug-likeness (QED) is 0.883. The van der Waals surface area contributed by atoms with Crippen LogP contribution < -0.4 is 10.6 Å². The number of thioether (sulfide) groups is 1. The topological polar surface area (TPSA) is 58.2 Å². The third-order valence-electron chi connectivity index (χ3n) is 2.81. The lowest BCUT2D eigenvalue weighted by Crippen LogP contribution is -2.46. The summed E-state index contributed by atoms with van der Waals surface area (Å²) in [5.41, 5.74) is 0.831. The number of rotatable bonds is 4. The number of carbonyl (C=O) groups is 2. The summed E-state index contributed by atoms with van der Waals surface area (Å²) in [6.45, 7) is 1.85. The standard InChI is InChI=1S/C13H15FN2O2S/c1-8(5-9-3-2-4-10(14)6-9)15-12(17)11-7-19-13(18)16-11/h2-4,6,8,11H,5,7H2,1H3,(H,15,17)(H,16,18)/t8-,11+/m0/s1. The van der Waals surface area contributed by atoms with Gasteiger partial charge in [0.25, 0.3) is 5.24 Å². The molecular weight excluding hydrogens is 267 g/mol. The molecule has 4 nitrogen and oxygen atoms in total. The van der Waals surface area contributed by atoms with E-state index in [2.05, 4.69) is 10.6 Å². The van der Waals surface area contributed by atoms with Gasteiger partial charge in [0.2, 0.25) is 5.91 Å². The van der Waals surface area contributed by atoms with E-state index in [9.17, 15) is 14.0 Å². The maximum Gasteiger partial charge on any atom is 0.279 e. The first kappa shape index (κ1) is 13.9. The molecule has 102 valence electrons. The lowest BCUT2D eigenvalue weighted by Gasteiger charge is -2.16. The van der Waals surface area contributed by atoms with Crippen LogP contribution in [0.3, 0.4) is 0 Å². The molecule has 1 saturated heterocycles. The Kier molecular flexibility index (Phi) is 4.42. The first-order valence-corrected chi connectivity index (χ1v) is 7.01. The van der Waals surface area contributed by atoms with Crippen LogP contribution in [0.25, 0.3) is 0 Å². The highest BCUT2D eigenvalue weighted by Crippen LogP contribution is 2.13. The van der Waals surface area contributed by atoms with Crippen molar-refractivity contribution in [2.75, 3.05) is 5.75 Å². The molecule has 1 fully saturated rings. The van der Waals surface area contributed by atoms with E-state index in [0.717, 1.165) is 17.3 Å². The van der Waals surface area contributed by atoms with E-state index in [1.54, 1.807) is 6.07 Å². The Hall–Kier alpha value is -1.56.